The van der Waals surface area contributed by atoms with Crippen molar-refractivity contribution in [3.05, 3.63) is 119 Å². The van der Waals surface area contributed by atoms with Crippen LogP contribution in [-0.4, -0.2) is 22.6 Å². The van der Waals surface area contributed by atoms with E-state index in [0.29, 0.717) is 28.9 Å². The van der Waals surface area contributed by atoms with Gasteiger partial charge in [0.1, 0.15) is 23.1 Å². The lowest BCUT2D eigenvalue weighted by atomic mass is 10.0. The minimum Gasteiger partial charge on any atom is -0.507 e. The molecule has 0 aliphatic carbocycles. The van der Waals surface area contributed by atoms with Gasteiger partial charge in [0.15, 0.2) is 0 Å². The molecule has 4 rings (SSSR count). The van der Waals surface area contributed by atoms with Crippen LogP contribution in [0.2, 0.25) is 0 Å². The lowest BCUT2D eigenvalue weighted by molar-refractivity contribution is 0.474. The normalized spacial score (nSPS) is 11.5. The maximum absolute atomic E-state index is 13.3. The topological polar surface area (TPSA) is 65.2 Å². The van der Waals surface area contributed by atoms with Gasteiger partial charge in [-0.2, -0.15) is 0 Å². The van der Waals surface area contributed by atoms with E-state index in [2.05, 4.69) is 9.98 Å². The zero-order valence-corrected chi connectivity index (χ0v) is 17.5. The quantitative estimate of drug-likeness (QED) is 0.336. The van der Waals surface area contributed by atoms with E-state index in [9.17, 15) is 19.0 Å². The SMILES string of the molecule is Oc1ccc(Cc2ccc(O)c(C=Nc3cccc(F)c3)c2)cc1C=Nc1cccc(F)c1. The average molecular weight is 442 g/mol. The first-order valence-electron chi connectivity index (χ1n) is 10.2. The molecule has 0 bridgehead atoms. The van der Waals surface area contributed by atoms with Gasteiger partial charge in [-0.1, -0.05) is 24.3 Å². The van der Waals surface area contributed by atoms with Crippen LogP contribution in [0, 0.1) is 11.6 Å². The molecule has 0 saturated carbocycles. The van der Waals surface area contributed by atoms with Crippen molar-refractivity contribution in [2.45, 2.75) is 6.42 Å². The molecule has 0 heterocycles. The Morgan fingerprint density at radius 3 is 1.48 bits per heavy atom. The largest absolute Gasteiger partial charge is 0.507 e. The minimum absolute atomic E-state index is 0.0625. The monoisotopic (exact) mass is 442 g/mol. The van der Waals surface area contributed by atoms with Crippen molar-refractivity contribution >= 4 is 23.8 Å². The lowest BCUT2D eigenvalue weighted by Gasteiger charge is -2.07. The first-order chi connectivity index (χ1) is 16.0. The summed E-state index contributed by atoms with van der Waals surface area (Å²) in [5.74, 6) is -0.640. The van der Waals surface area contributed by atoms with Gasteiger partial charge in [-0.25, -0.2) is 8.78 Å². The summed E-state index contributed by atoms with van der Waals surface area (Å²) < 4.78 is 26.7. The van der Waals surface area contributed by atoms with Gasteiger partial charge in [0.05, 0.1) is 11.4 Å². The zero-order chi connectivity index (χ0) is 23.2. The number of hydrogen-bond acceptors (Lipinski definition) is 4. The van der Waals surface area contributed by atoms with E-state index in [0.717, 1.165) is 11.1 Å². The molecular formula is C27H20F2N2O2. The smallest absolute Gasteiger partial charge is 0.125 e. The molecule has 0 aliphatic heterocycles. The Labute approximate surface area is 189 Å². The molecule has 2 N–H and O–H groups in total. The van der Waals surface area contributed by atoms with E-state index in [1.54, 1.807) is 60.7 Å². The van der Waals surface area contributed by atoms with Gasteiger partial charge in [0.2, 0.25) is 0 Å². The summed E-state index contributed by atoms with van der Waals surface area (Å²) in [5.41, 5.74) is 3.72. The molecule has 0 fully saturated rings. The van der Waals surface area contributed by atoms with Crippen molar-refractivity contribution in [3.63, 3.8) is 0 Å². The second kappa shape index (κ2) is 9.87. The van der Waals surface area contributed by atoms with E-state index >= 15 is 0 Å². The summed E-state index contributed by atoms with van der Waals surface area (Å²) in [6.45, 7) is 0. The van der Waals surface area contributed by atoms with Gasteiger partial charge in [0, 0.05) is 23.6 Å². The fourth-order valence-corrected chi connectivity index (χ4v) is 3.27. The molecule has 164 valence electrons. The number of phenolic OH excluding ortho intramolecular Hbond substituents is 2. The molecule has 0 amide bonds. The maximum atomic E-state index is 13.3. The molecule has 0 saturated heterocycles. The molecule has 0 radical (unpaired) electrons. The Bertz CT molecular complexity index is 1250. The van der Waals surface area contributed by atoms with Crippen LogP contribution < -0.4 is 0 Å². The second-order valence-corrected chi connectivity index (χ2v) is 7.44. The molecule has 0 aliphatic rings. The van der Waals surface area contributed by atoms with Gasteiger partial charge in [-0.05, 0) is 78.2 Å². The molecule has 6 heteroatoms. The lowest BCUT2D eigenvalue weighted by Crippen LogP contribution is -1.93. The van der Waals surface area contributed by atoms with Gasteiger partial charge < -0.3 is 10.2 Å². The highest BCUT2D eigenvalue weighted by Crippen LogP contribution is 2.23. The van der Waals surface area contributed by atoms with Crippen molar-refractivity contribution in [3.8, 4) is 11.5 Å². The van der Waals surface area contributed by atoms with Gasteiger partial charge >= 0.3 is 0 Å². The predicted molar refractivity (Wildman–Crippen MR) is 126 cm³/mol. The number of aliphatic imine (C=N–C) groups is 2. The summed E-state index contributed by atoms with van der Waals surface area (Å²) in [4.78, 5) is 8.46. The van der Waals surface area contributed by atoms with E-state index in [1.807, 2.05) is 0 Å². The zero-order valence-electron chi connectivity index (χ0n) is 17.5. The van der Waals surface area contributed by atoms with E-state index in [4.69, 9.17) is 0 Å². The number of halogens is 2. The second-order valence-electron chi connectivity index (χ2n) is 7.44. The number of aromatic hydroxyl groups is 2. The van der Waals surface area contributed by atoms with E-state index < -0.39 is 0 Å². The molecule has 4 aromatic rings. The van der Waals surface area contributed by atoms with Crippen LogP contribution in [0.25, 0.3) is 0 Å². The number of hydrogen-bond donors (Lipinski definition) is 2. The van der Waals surface area contributed by atoms with Crippen molar-refractivity contribution < 1.29 is 19.0 Å². The van der Waals surface area contributed by atoms with Crippen LogP contribution in [0.3, 0.4) is 0 Å². The third-order valence-electron chi connectivity index (χ3n) is 4.91. The molecule has 0 spiro atoms. The Morgan fingerprint density at radius 2 is 1.06 bits per heavy atom. The molecular weight excluding hydrogens is 422 g/mol. The average Bonchev–Trinajstić information content (AvgIpc) is 2.80. The summed E-state index contributed by atoms with van der Waals surface area (Å²) in [7, 11) is 0. The van der Waals surface area contributed by atoms with Crippen molar-refractivity contribution in [2.24, 2.45) is 9.98 Å². The van der Waals surface area contributed by atoms with Crippen LogP contribution in [0.15, 0.2) is 94.9 Å². The third kappa shape index (κ3) is 5.89. The molecule has 0 unspecified atom stereocenters. The highest BCUT2D eigenvalue weighted by molar-refractivity contribution is 5.86. The van der Waals surface area contributed by atoms with Crippen molar-refractivity contribution in [1.29, 1.82) is 0 Å². The van der Waals surface area contributed by atoms with E-state index in [-0.39, 0.29) is 23.1 Å². The summed E-state index contributed by atoms with van der Waals surface area (Å²) >= 11 is 0. The number of rotatable bonds is 6. The van der Waals surface area contributed by atoms with Crippen LogP contribution in [0.1, 0.15) is 22.3 Å². The summed E-state index contributed by atoms with van der Waals surface area (Å²) in [6.07, 6.45) is 3.51. The first kappa shape index (κ1) is 21.9. The molecule has 0 aromatic heterocycles. The number of benzene rings is 4. The first-order valence-corrected chi connectivity index (χ1v) is 10.2. The molecule has 33 heavy (non-hydrogen) atoms. The summed E-state index contributed by atoms with van der Waals surface area (Å²) in [6, 6.07) is 22.1. The minimum atomic E-state index is -0.383. The van der Waals surface area contributed by atoms with Crippen LogP contribution >= 0.6 is 0 Å². The van der Waals surface area contributed by atoms with Crippen molar-refractivity contribution in [2.75, 3.05) is 0 Å². The summed E-state index contributed by atoms with van der Waals surface area (Å²) in [5, 5.41) is 20.3. The van der Waals surface area contributed by atoms with Gasteiger partial charge in [0.25, 0.3) is 0 Å². The Morgan fingerprint density at radius 1 is 0.606 bits per heavy atom. The predicted octanol–water partition coefficient (Wildman–Crippen LogP) is 6.47. The molecule has 4 aromatic carbocycles. The highest BCUT2D eigenvalue weighted by atomic mass is 19.1. The van der Waals surface area contributed by atoms with Gasteiger partial charge in [-0.3, -0.25) is 9.98 Å². The standard InChI is InChI=1S/C27H20F2N2O2/c28-22-3-1-5-24(14-22)30-16-20-12-18(7-9-26(20)32)11-19-8-10-27(33)21(13-19)17-31-25-6-2-4-23(29)15-25/h1-10,12-17,32-33H,11H2. The fourth-order valence-electron chi connectivity index (χ4n) is 3.27. The van der Waals surface area contributed by atoms with Crippen LogP contribution in [0.5, 0.6) is 11.5 Å². The van der Waals surface area contributed by atoms with Gasteiger partial charge in [-0.15, -0.1) is 0 Å². The van der Waals surface area contributed by atoms with Crippen LogP contribution in [0.4, 0.5) is 20.2 Å². The number of phenols is 2. The Kier molecular flexibility index (Phi) is 6.55. The van der Waals surface area contributed by atoms with E-state index in [1.165, 1.54) is 36.7 Å². The Balaban J connectivity index is 1.54. The molecule has 4 nitrogen and oxygen atoms in total. The van der Waals surface area contributed by atoms with Crippen molar-refractivity contribution in [1.82, 2.24) is 0 Å². The van der Waals surface area contributed by atoms with Crippen LogP contribution in [-0.2, 0) is 6.42 Å². The highest BCUT2D eigenvalue weighted by Gasteiger charge is 2.06. The Hall–Kier alpha value is -4.32. The molecule has 0 atom stereocenters. The number of nitrogens with zero attached hydrogens (tertiary/aromatic N) is 2. The third-order valence-corrected chi connectivity index (χ3v) is 4.91. The fraction of sp³-hybridized carbons (Fsp3) is 0.0370. The maximum Gasteiger partial charge on any atom is 0.125 e.